The quantitative estimate of drug-likeness (QED) is 0.228. The Morgan fingerprint density at radius 2 is 1.43 bits per heavy atom. The maximum Gasteiger partial charge on any atom is 0.0633 e. The molecule has 0 radical (unpaired) electrons. The first kappa shape index (κ1) is 26.5. The van der Waals surface area contributed by atoms with Crippen LogP contribution in [0.5, 0.6) is 0 Å². The van der Waals surface area contributed by atoms with Crippen molar-refractivity contribution in [1.29, 1.82) is 0 Å². The third-order valence-corrected chi connectivity index (χ3v) is 9.30. The summed E-state index contributed by atoms with van der Waals surface area (Å²) < 4.78 is 0. The molecular weight excluding hydrogens is 532 g/mol. The van der Waals surface area contributed by atoms with Crippen molar-refractivity contribution >= 4 is 33.9 Å². The van der Waals surface area contributed by atoms with Gasteiger partial charge in [-0.1, -0.05) is 109 Å². The normalized spacial score (nSPS) is 20.2. The minimum Gasteiger partial charge on any atom is -0.333 e. The van der Waals surface area contributed by atoms with Crippen LogP contribution in [0.3, 0.4) is 0 Å². The molecule has 0 N–H and O–H groups in total. The second kappa shape index (κ2) is 11.5. The van der Waals surface area contributed by atoms with Gasteiger partial charge < -0.3 is 9.80 Å². The molecular formula is C42H36N2. The number of para-hydroxylation sites is 2. The Kier molecular flexibility index (Phi) is 6.96. The summed E-state index contributed by atoms with van der Waals surface area (Å²) in [5, 5.41) is 0. The molecule has 0 bridgehead atoms. The van der Waals surface area contributed by atoms with Crippen LogP contribution in [-0.4, -0.2) is 6.04 Å². The molecule has 0 saturated carbocycles. The SMILES string of the molecule is C1=CC(C2C=CC(N(c3ccccc3)c3ccc4c(c3)N(c3ccccc3)C3CC=C(c5ccccc5)C=C43)=CC2)=CCC1. The molecule has 4 aromatic carbocycles. The summed E-state index contributed by atoms with van der Waals surface area (Å²) in [5.74, 6) is 0.447. The Balaban J connectivity index is 1.21. The van der Waals surface area contributed by atoms with Crippen molar-refractivity contribution in [2.75, 3.05) is 9.80 Å². The van der Waals surface area contributed by atoms with E-state index in [0.717, 1.165) is 25.7 Å². The molecule has 0 aromatic heterocycles. The minimum atomic E-state index is 0.270. The molecule has 1 aliphatic heterocycles. The van der Waals surface area contributed by atoms with E-state index in [9.17, 15) is 0 Å². The van der Waals surface area contributed by atoms with E-state index >= 15 is 0 Å². The summed E-state index contributed by atoms with van der Waals surface area (Å²) >= 11 is 0. The molecule has 4 aromatic rings. The molecule has 2 heteroatoms. The lowest BCUT2D eigenvalue weighted by atomic mass is 9.88. The molecule has 8 rings (SSSR count). The number of allylic oxidation sites excluding steroid dienone is 9. The molecule has 2 nitrogen and oxygen atoms in total. The van der Waals surface area contributed by atoms with Crippen molar-refractivity contribution in [2.45, 2.75) is 31.7 Å². The van der Waals surface area contributed by atoms with Crippen LogP contribution < -0.4 is 9.80 Å². The van der Waals surface area contributed by atoms with Gasteiger partial charge in [-0.25, -0.2) is 0 Å². The lowest BCUT2D eigenvalue weighted by Gasteiger charge is -2.31. The van der Waals surface area contributed by atoms with Crippen LogP contribution in [-0.2, 0) is 0 Å². The number of benzene rings is 4. The Hall–Kier alpha value is -5.08. The minimum absolute atomic E-state index is 0.270. The van der Waals surface area contributed by atoms with Gasteiger partial charge in [-0.05, 0) is 96.5 Å². The van der Waals surface area contributed by atoms with Crippen LogP contribution in [0.4, 0.5) is 22.7 Å². The van der Waals surface area contributed by atoms with Crippen LogP contribution in [0, 0.1) is 5.92 Å². The van der Waals surface area contributed by atoms with E-state index < -0.39 is 0 Å². The zero-order chi connectivity index (χ0) is 29.3. The van der Waals surface area contributed by atoms with Crippen molar-refractivity contribution in [3.05, 3.63) is 180 Å². The van der Waals surface area contributed by atoms with E-state index in [1.807, 2.05) is 0 Å². The molecule has 1 heterocycles. The van der Waals surface area contributed by atoms with Gasteiger partial charge in [0.2, 0.25) is 0 Å². The molecule has 2 unspecified atom stereocenters. The lowest BCUT2D eigenvalue weighted by molar-refractivity contribution is 0.762. The number of hydrogen-bond donors (Lipinski definition) is 0. The van der Waals surface area contributed by atoms with Crippen LogP contribution in [0.25, 0.3) is 11.1 Å². The first-order chi connectivity index (χ1) is 21.8. The van der Waals surface area contributed by atoms with E-state index in [2.05, 4.69) is 168 Å². The van der Waals surface area contributed by atoms with Crippen LogP contribution in [0.1, 0.15) is 36.8 Å². The monoisotopic (exact) mass is 568 g/mol. The van der Waals surface area contributed by atoms with Gasteiger partial charge in [-0.2, -0.15) is 0 Å². The highest BCUT2D eigenvalue weighted by Crippen LogP contribution is 2.51. The Bertz CT molecular complexity index is 1860. The molecule has 0 saturated heterocycles. The average Bonchev–Trinajstić information content (AvgIpc) is 3.43. The Morgan fingerprint density at radius 1 is 0.659 bits per heavy atom. The highest BCUT2D eigenvalue weighted by molar-refractivity contribution is 5.99. The maximum absolute atomic E-state index is 2.55. The topological polar surface area (TPSA) is 6.48 Å². The molecule has 0 amide bonds. The largest absolute Gasteiger partial charge is 0.333 e. The highest BCUT2D eigenvalue weighted by atomic mass is 15.2. The van der Waals surface area contributed by atoms with Crippen molar-refractivity contribution in [2.24, 2.45) is 5.92 Å². The van der Waals surface area contributed by atoms with Gasteiger partial charge in [0.05, 0.1) is 11.7 Å². The Morgan fingerprint density at radius 3 is 2.16 bits per heavy atom. The fourth-order valence-corrected chi connectivity index (χ4v) is 7.15. The zero-order valence-electron chi connectivity index (χ0n) is 24.9. The van der Waals surface area contributed by atoms with Gasteiger partial charge in [0, 0.05) is 34.2 Å². The number of anilines is 4. The van der Waals surface area contributed by atoms with Gasteiger partial charge >= 0.3 is 0 Å². The molecule has 214 valence electrons. The number of rotatable bonds is 6. The third-order valence-electron chi connectivity index (χ3n) is 9.30. The third kappa shape index (κ3) is 4.87. The summed E-state index contributed by atoms with van der Waals surface area (Å²) in [6.45, 7) is 0. The first-order valence-electron chi connectivity index (χ1n) is 15.9. The van der Waals surface area contributed by atoms with E-state index in [0.29, 0.717) is 5.92 Å². The van der Waals surface area contributed by atoms with Gasteiger partial charge in [0.25, 0.3) is 0 Å². The van der Waals surface area contributed by atoms with Crippen molar-refractivity contribution in [3.63, 3.8) is 0 Å². The standard InChI is InChI=1S/C42H36N2/c1-5-13-31(14-6-1)33-21-24-37(25-22-33)43(35-17-9-3-10-18-35)38-26-27-39-40-29-34(32-15-7-2-8-16-32)23-28-41(40)44(42(39)30-38)36-19-11-4-12-20-36/h2-5,7-21,23-27,29-30,33,41H,1,6,22,28H2. The molecule has 2 atom stereocenters. The zero-order valence-corrected chi connectivity index (χ0v) is 24.9. The fourth-order valence-electron chi connectivity index (χ4n) is 7.15. The molecule has 3 aliphatic carbocycles. The number of fused-ring (bicyclic) bond motifs is 3. The van der Waals surface area contributed by atoms with E-state index in [4.69, 9.17) is 0 Å². The summed E-state index contributed by atoms with van der Waals surface area (Å²) in [6.07, 6.45) is 23.3. The average molecular weight is 569 g/mol. The smallest absolute Gasteiger partial charge is 0.0633 e. The van der Waals surface area contributed by atoms with Gasteiger partial charge in [0.15, 0.2) is 0 Å². The highest BCUT2D eigenvalue weighted by Gasteiger charge is 2.36. The summed E-state index contributed by atoms with van der Waals surface area (Å²) in [5.41, 5.74) is 12.8. The number of hydrogen-bond acceptors (Lipinski definition) is 2. The van der Waals surface area contributed by atoms with Gasteiger partial charge in [-0.3, -0.25) is 0 Å². The predicted molar refractivity (Wildman–Crippen MR) is 186 cm³/mol. The Labute approximate surface area is 261 Å². The van der Waals surface area contributed by atoms with Gasteiger partial charge in [-0.15, -0.1) is 0 Å². The van der Waals surface area contributed by atoms with E-state index in [1.54, 1.807) is 0 Å². The fraction of sp³-hybridized carbons (Fsp3) is 0.143. The molecule has 4 aliphatic rings. The molecule has 44 heavy (non-hydrogen) atoms. The van der Waals surface area contributed by atoms with Crippen LogP contribution >= 0.6 is 0 Å². The van der Waals surface area contributed by atoms with E-state index in [-0.39, 0.29) is 6.04 Å². The molecule has 0 spiro atoms. The summed E-state index contributed by atoms with van der Waals surface area (Å²) in [7, 11) is 0. The summed E-state index contributed by atoms with van der Waals surface area (Å²) in [4.78, 5) is 4.97. The molecule has 0 fully saturated rings. The maximum atomic E-state index is 2.55. The van der Waals surface area contributed by atoms with Crippen molar-refractivity contribution in [1.82, 2.24) is 0 Å². The second-order valence-electron chi connectivity index (χ2n) is 12.0. The van der Waals surface area contributed by atoms with E-state index in [1.165, 1.54) is 56.3 Å². The lowest BCUT2D eigenvalue weighted by Crippen LogP contribution is -2.27. The second-order valence-corrected chi connectivity index (χ2v) is 12.0. The first-order valence-corrected chi connectivity index (χ1v) is 15.9. The van der Waals surface area contributed by atoms with Crippen molar-refractivity contribution in [3.8, 4) is 0 Å². The van der Waals surface area contributed by atoms with Crippen molar-refractivity contribution < 1.29 is 0 Å². The number of nitrogens with zero attached hydrogens (tertiary/aromatic N) is 2. The predicted octanol–water partition coefficient (Wildman–Crippen LogP) is 11.0. The van der Waals surface area contributed by atoms with Crippen LogP contribution in [0.2, 0.25) is 0 Å². The van der Waals surface area contributed by atoms with Gasteiger partial charge in [0.1, 0.15) is 0 Å². The van der Waals surface area contributed by atoms with Crippen LogP contribution in [0.15, 0.2) is 169 Å². The summed E-state index contributed by atoms with van der Waals surface area (Å²) in [6, 6.07) is 39.8.